The SMILES string of the molecule is Br.NCCN1C=CN(c2ccccc2)C1. The predicted molar refractivity (Wildman–Crippen MR) is 69.0 cm³/mol. The molecule has 0 atom stereocenters. The quantitative estimate of drug-likeness (QED) is 0.908. The predicted octanol–water partition coefficient (Wildman–Crippen LogP) is 1.77. The molecule has 3 nitrogen and oxygen atoms in total. The van der Waals surface area contributed by atoms with E-state index >= 15 is 0 Å². The number of para-hydroxylation sites is 1. The first-order valence-electron chi connectivity index (χ1n) is 4.84. The van der Waals surface area contributed by atoms with Crippen molar-refractivity contribution in [2.24, 2.45) is 5.73 Å². The Hall–Kier alpha value is -1.00. The Balaban J connectivity index is 0.00000112. The van der Waals surface area contributed by atoms with Crippen LogP contribution in [-0.4, -0.2) is 24.7 Å². The lowest BCUT2D eigenvalue weighted by molar-refractivity contribution is 0.417. The third kappa shape index (κ3) is 2.97. The lowest BCUT2D eigenvalue weighted by Gasteiger charge is -2.20. The average Bonchev–Trinajstić information content (AvgIpc) is 2.68. The number of hydrogen-bond donors (Lipinski definition) is 1. The Morgan fingerprint density at radius 2 is 1.87 bits per heavy atom. The van der Waals surface area contributed by atoms with E-state index in [2.05, 4.69) is 46.5 Å². The minimum absolute atomic E-state index is 0. The van der Waals surface area contributed by atoms with Crippen molar-refractivity contribution in [3.63, 3.8) is 0 Å². The summed E-state index contributed by atoms with van der Waals surface area (Å²) in [4.78, 5) is 4.41. The van der Waals surface area contributed by atoms with E-state index in [1.165, 1.54) is 5.69 Å². The number of nitrogens with two attached hydrogens (primary N) is 1. The molecule has 2 N–H and O–H groups in total. The molecule has 4 heteroatoms. The van der Waals surface area contributed by atoms with Crippen molar-refractivity contribution in [3.8, 4) is 0 Å². The van der Waals surface area contributed by atoms with E-state index < -0.39 is 0 Å². The Kier molecular flexibility index (Phi) is 4.65. The minimum atomic E-state index is 0. The van der Waals surface area contributed by atoms with Crippen molar-refractivity contribution in [3.05, 3.63) is 42.7 Å². The van der Waals surface area contributed by atoms with Gasteiger partial charge < -0.3 is 15.5 Å². The molecule has 0 bridgehead atoms. The summed E-state index contributed by atoms with van der Waals surface area (Å²) in [5.74, 6) is 0. The first-order valence-corrected chi connectivity index (χ1v) is 4.84. The number of nitrogens with zero attached hydrogens (tertiary/aromatic N) is 2. The standard InChI is InChI=1S/C11H15N3.BrH/c12-6-7-13-8-9-14(10-13)11-4-2-1-3-5-11;/h1-5,8-9H,6-7,10,12H2;1H. The summed E-state index contributed by atoms with van der Waals surface area (Å²) in [5, 5.41) is 0. The van der Waals surface area contributed by atoms with Gasteiger partial charge in [0.1, 0.15) is 0 Å². The van der Waals surface area contributed by atoms with Gasteiger partial charge in [-0.05, 0) is 12.1 Å². The number of benzene rings is 1. The summed E-state index contributed by atoms with van der Waals surface area (Å²) in [5.41, 5.74) is 6.72. The Morgan fingerprint density at radius 3 is 2.53 bits per heavy atom. The van der Waals surface area contributed by atoms with Crippen LogP contribution in [0.25, 0.3) is 0 Å². The van der Waals surface area contributed by atoms with Crippen LogP contribution in [0.2, 0.25) is 0 Å². The molecule has 0 radical (unpaired) electrons. The molecule has 0 unspecified atom stereocenters. The maximum Gasteiger partial charge on any atom is 0.0942 e. The molecule has 0 aliphatic carbocycles. The van der Waals surface area contributed by atoms with Crippen LogP contribution in [0.4, 0.5) is 5.69 Å². The van der Waals surface area contributed by atoms with E-state index in [1.807, 2.05) is 6.07 Å². The summed E-state index contributed by atoms with van der Waals surface area (Å²) in [6.45, 7) is 2.52. The molecular formula is C11H16BrN3. The molecular weight excluding hydrogens is 254 g/mol. The number of anilines is 1. The lowest BCUT2D eigenvalue weighted by Crippen LogP contribution is -2.29. The van der Waals surface area contributed by atoms with Crippen LogP contribution in [0, 0.1) is 0 Å². The molecule has 1 aliphatic heterocycles. The number of rotatable bonds is 3. The number of hydrogen-bond acceptors (Lipinski definition) is 3. The van der Waals surface area contributed by atoms with Crippen molar-refractivity contribution >= 4 is 22.7 Å². The first kappa shape index (κ1) is 12.1. The first-order chi connectivity index (χ1) is 6.90. The van der Waals surface area contributed by atoms with Gasteiger partial charge in [0, 0.05) is 31.2 Å². The molecule has 15 heavy (non-hydrogen) atoms. The Morgan fingerprint density at radius 1 is 1.13 bits per heavy atom. The van der Waals surface area contributed by atoms with Crippen molar-refractivity contribution < 1.29 is 0 Å². The van der Waals surface area contributed by atoms with Gasteiger partial charge >= 0.3 is 0 Å². The van der Waals surface area contributed by atoms with Crippen LogP contribution in [0.15, 0.2) is 42.7 Å². The zero-order chi connectivity index (χ0) is 9.80. The molecule has 1 heterocycles. The Bertz CT molecular complexity index is 313. The highest BCUT2D eigenvalue weighted by atomic mass is 79.9. The smallest absolute Gasteiger partial charge is 0.0942 e. The van der Waals surface area contributed by atoms with E-state index in [1.54, 1.807) is 0 Å². The largest absolute Gasteiger partial charge is 0.357 e. The fourth-order valence-corrected chi connectivity index (χ4v) is 1.56. The fraction of sp³-hybridized carbons (Fsp3) is 0.273. The second-order valence-corrected chi connectivity index (χ2v) is 3.35. The molecule has 0 spiro atoms. The molecule has 0 fully saturated rings. The van der Waals surface area contributed by atoms with E-state index in [9.17, 15) is 0 Å². The molecule has 1 aromatic rings. The average molecular weight is 270 g/mol. The Labute approximate surface area is 101 Å². The van der Waals surface area contributed by atoms with Crippen LogP contribution in [0.3, 0.4) is 0 Å². The second-order valence-electron chi connectivity index (χ2n) is 3.35. The van der Waals surface area contributed by atoms with Crippen molar-refractivity contribution in [1.82, 2.24) is 4.90 Å². The highest BCUT2D eigenvalue weighted by Gasteiger charge is 2.11. The topological polar surface area (TPSA) is 32.5 Å². The highest BCUT2D eigenvalue weighted by Crippen LogP contribution is 2.17. The summed E-state index contributed by atoms with van der Waals surface area (Å²) in [6, 6.07) is 10.3. The van der Waals surface area contributed by atoms with Crippen molar-refractivity contribution in [2.45, 2.75) is 0 Å². The van der Waals surface area contributed by atoms with Gasteiger partial charge in [-0.3, -0.25) is 0 Å². The van der Waals surface area contributed by atoms with Gasteiger partial charge in [-0.15, -0.1) is 17.0 Å². The monoisotopic (exact) mass is 269 g/mol. The van der Waals surface area contributed by atoms with E-state index in [0.717, 1.165) is 13.2 Å². The lowest BCUT2D eigenvalue weighted by atomic mass is 10.3. The van der Waals surface area contributed by atoms with Crippen molar-refractivity contribution in [2.75, 3.05) is 24.7 Å². The normalized spacial score (nSPS) is 14.2. The maximum atomic E-state index is 5.50. The van der Waals surface area contributed by atoms with E-state index in [-0.39, 0.29) is 17.0 Å². The summed E-state index contributed by atoms with van der Waals surface area (Å²) in [6.07, 6.45) is 4.17. The summed E-state index contributed by atoms with van der Waals surface area (Å²) in [7, 11) is 0. The van der Waals surface area contributed by atoms with Crippen LogP contribution >= 0.6 is 17.0 Å². The summed E-state index contributed by atoms with van der Waals surface area (Å²) >= 11 is 0. The van der Waals surface area contributed by atoms with Crippen LogP contribution < -0.4 is 10.6 Å². The molecule has 0 aromatic heterocycles. The molecule has 0 amide bonds. The highest BCUT2D eigenvalue weighted by molar-refractivity contribution is 8.93. The molecule has 0 saturated carbocycles. The van der Waals surface area contributed by atoms with Crippen molar-refractivity contribution in [1.29, 1.82) is 0 Å². The van der Waals surface area contributed by atoms with Gasteiger partial charge in [0.15, 0.2) is 0 Å². The molecule has 1 aromatic carbocycles. The third-order valence-electron chi connectivity index (χ3n) is 2.30. The van der Waals surface area contributed by atoms with Gasteiger partial charge in [-0.2, -0.15) is 0 Å². The zero-order valence-electron chi connectivity index (χ0n) is 8.54. The zero-order valence-corrected chi connectivity index (χ0v) is 10.3. The molecule has 0 saturated heterocycles. The van der Waals surface area contributed by atoms with E-state index in [4.69, 9.17) is 5.73 Å². The summed E-state index contributed by atoms with van der Waals surface area (Å²) < 4.78 is 0. The van der Waals surface area contributed by atoms with Gasteiger partial charge in [-0.1, -0.05) is 18.2 Å². The maximum absolute atomic E-state index is 5.50. The third-order valence-corrected chi connectivity index (χ3v) is 2.30. The van der Waals surface area contributed by atoms with Gasteiger partial charge in [0.25, 0.3) is 0 Å². The van der Waals surface area contributed by atoms with Gasteiger partial charge in [0.2, 0.25) is 0 Å². The van der Waals surface area contributed by atoms with Crippen LogP contribution in [0.5, 0.6) is 0 Å². The minimum Gasteiger partial charge on any atom is -0.357 e. The molecule has 82 valence electrons. The molecule has 2 rings (SSSR count). The molecule has 1 aliphatic rings. The van der Waals surface area contributed by atoms with Gasteiger partial charge in [0.05, 0.1) is 6.67 Å². The van der Waals surface area contributed by atoms with Crippen LogP contribution in [-0.2, 0) is 0 Å². The number of halogens is 1. The fourth-order valence-electron chi connectivity index (χ4n) is 1.56. The van der Waals surface area contributed by atoms with Gasteiger partial charge in [-0.25, -0.2) is 0 Å². The van der Waals surface area contributed by atoms with E-state index in [0.29, 0.717) is 6.54 Å². The second kappa shape index (κ2) is 5.78. The van der Waals surface area contributed by atoms with Crippen LogP contribution in [0.1, 0.15) is 0 Å².